The lowest BCUT2D eigenvalue weighted by Gasteiger charge is -1.93. The molecule has 0 amide bonds. The van der Waals surface area contributed by atoms with Crippen LogP contribution in [0.1, 0.15) is 5.56 Å². The first kappa shape index (κ1) is 7.45. The van der Waals surface area contributed by atoms with Crippen LogP contribution in [0.2, 0.25) is 0 Å². The van der Waals surface area contributed by atoms with Gasteiger partial charge in [0.05, 0.1) is 0 Å². The van der Waals surface area contributed by atoms with Crippen LogP contribution in [0.3, 0.4) is 0 Å². The number of hydrogen-bond donors (Lipinski definition) is 2. The molecule has 0 saturated heterocycles. The second kappa shape index (κ2) is 3.49. The van der Waals surface area contributed by atoms with Crippen LogP contribution in [0.5, 0.6) is 5.75 Å². The number of para-hydroxylation sites is 1. The van der Waals surface area contributed by atoms with Crippen LogP contribution < -0.4 is 5.73 Å². The molecule has 1 aromatic rings. The van der Waals surface area contributed by atoms with Crippen molar-refractivity contribution < 1.29 is 5.11 Å². The van der Waals surface area contributed by atoms with Gasteiger partial charge in [-0.1, -0.05) is 18.2 Å². The highest BCUT2D eigenvalue weighted by Crippen LogP contribution is 2.15. The lowest BCUT2D eigenvalue weighted by atomic mass is 10.2. The fourth-order valence-electron chi connectivity index (χ4n) is 0.747. The van der Waals surface area contributed by atoms with Crippen molar-refractivity contribution in [3.8, 4) is 5.75 Å². The number of aromatic hydroxyl groups is 1. The molecule has 2 heteroatoms. The van der Waals surface area contributed by atoms with E-state index in [9.17, 15) is 5.11 Å². The van der Waals surface area contributed by atoms with Crippen molar-refractivity contribution in [3.05, 3.63) is 41.8 Å². The molecule has 2 nitrogen and oxygen atoms in total. The average Bonchev–Trinajstić information content (AvgIpc) is 2.03. The van der Waals surface area contributed by atoms with Gasteiger partial charge in [-0.2, -0.15) is 0 Å². The van der Waals surface area contributed by atoms with Crippen LogP contribution >= 0.6 is 0 Å². The maximum atomic E-state index is 9.21. The van der Waals surface area contributed by atoms with Gasteiger partial charge in [0.2, 0.25) is 0 Å². The first-order valence-corrected chi connectivity index (χ1v) is 3.25. The summed E-state index contributed by atoms with van der Waals surface area (Å²) in [5.41, 5.74) is 8.47. The predicted molar refractivity (Wildman–Crippen MR) is 44.8 cm³/mol. The summed E-state index contributed by atoms with van der Waals surface area (Å²) in [4.78, 5) is 0. The molecule has 0 radical (unpaired) electrons. The number of rotatable bonds is 1. The molecule has 0 atom stereocenters. The van der Waals surface area contributed by atoms with E-state index in [-0.39, 0.29) is 5.75 Å². The minimum Gasteiger partial charge on any atom is -0.507 e. The van der Waals surface area contributed by atoms with Gasteiger partial charge in [0.15, 0.2) is 0 Å². The summed E-state index contributed by atoms with van der Waals surface area (Å²) in [5.74, 6) is 0.238. The monoisotopic (exact) mass is 147 g/mol. The summed E-state index contributed by atoms with van der Waals surface area (Å²) in [6, 6.07) is 7.00. The molecular weight excluding hydrogens is 138 g/mol. The standard InChI is InChI=1S/C9H9NO/c10-7-3-5-8-4-1-2-6-9(8)11/h1-2,4-7,11H,10H2. The number of phenolic OH excluding ortho intramolecular Hbond substituents is 1. The third-order valence-electron chi connectivity index (χ3n) is 1.27. The molecule has 0 aliphatic carbocycles. The smallest absolute Gasteiger partial charge is 0.123 e. The predicted octanol–water partition coefficient (Wildman–Crippen LogP) is 1.48. The van der Waals surface area contributed by atoms with Crippen molar-refractivity contribution in [2.45, 2.75) is 0 Å². The van der Waals surface area contributed by atoms with Gasteiger partial charge in [0.25, 0.3) is 0 Å². The second-order valence-corrected chi connectivity index (χ2v) is 2.04. The third-order valence-corrected chi connectivity index (χ3v) is 1.27. The van der Waals surface area contributed by atoms with E-state index in [0.717, 1.165) is 0 Å². The van der Waals surface area contributed by atoms with E-state index in [1.54, 1.807) is 24.3 Å². The van der Waals surface area contributed by atoms with Crippen LogP contribution in [0.25, 0.3) is 6.08 Å². The highest BCUT2D eigenvalue weighted by Gasteiger charge is 1.91. The van der Waals surface area contributed by atoms with Crippen LogP contribution in [-0.4, -0.2) is 5.11 Å². The van der Waals surface area contributed by atoms with E-state index in [0.29, 0.717) is 5.56 Å². The van der Waals surface area contributed by atoms with Crippen molar-refractivity contribution in [3.63, 3.8) is 0 Å². The van der Waals surface area contributed by atoms with Crippen molar-refractivity contribution in [2.24, 2.45) is 5.73 Å². The van der Waals surface area contributed by atoms with Gasteiger partial charge in [-0.05, 0) is 12.1 Å². The molecule has 0 unspecified atom stereocenters. The molecule has 0 aromatic heterocycles. The van der Waals surface area contributed by atoms with Gasteiger partial charge < -0.3 is 10.8 Å². The Morgan fingerprint density at radius 1 is 1.36 bits per heavy atom. The Morgan fingerprint density at radius 3 is 2.73 bits per heavy atom. The summed E-state index contributed by atoms with van der Waals surface area (Å²) >= 11 is 0. The summed E-state index contributed by atoms with van der Waals surface area (Å²) in [6.07, 6.45) is 2.92. The lowest BCUT2D eigenvalue weighted by Crippen LogP contribution is -1.73. The lowest BCUT2D eigenvalue weighted by molar-refractivity contribution is 0.474. The minimum atomic E-state index is 0.238. The number of hydrogen-bond acceptors (Lipinski definition) is 2. The van der Waals surface area contributed by atoms with E-state index in [2.05, 4.69) is 5.73 Å². The Morgan fingerprint density at radius 2 is 2.09 bits per heavy atom. The van der Waals surface area contributed by atoms with Gasteiger partial charge >= 0.3 is 0 Å². The van der Waals surface area contributed by atoms with Gasteiger partial charge in [0, 0.05) is 11.8 Å². The van der Waals surface area contributed by atoms with Crippen molar-refractivity contribution >= 4 is 6.08 Å². The maximum Gasteiger partial charge on any atom is 0.123 e. The molecule has 0 heterocycles. The highest BCUT2D eigenvalue weighted by atomic mass is 16.3. The average molecular weight is 147 g/mol. The number of nitrogens with two attached hydrogens (primary N) is 1. The van der Waals surface area contributed by atoms with E-state index in [1.165, 1.54) is 6.20 Å². The molecular formula is C9H9NO. The topological polar surface area (TPSA) is 46.2 Å². The summed E-state index contributed by atoms with van der Waals surface area (Å²) < 4.78 is 0. The minimum absolute atomic E-state index is 0.238. The maximum absolute atomic E-state index is 9.21. The highest BCUT2D eigenvalue weighted by molar-refractivity contribution is 5.55. The van der Waals surface area contributed by atoms with Gasteiger partial charge in [-0.15, -0.1) is 5.73 Å². The van der Waals surface area contributed by atoms with Crippen molar-refractivity contribution in [1.82, 2.24) is 0 Å². The zero-order valence-electron chi connectivity index (χ0n) is 5.99. The summed E-state index contributed by atoms with van der Waals surface area (Å²) in [5, 5.41) is 9.21. The van der Waals surface area contributed by atoms with E-state index < -0.39 is 0 Å². The molecule has 11 heavy (non-hydrogen) atoms. The molecule has 0 aliphatic rings. The van der Waals surface area contributed by atoms with Crippen LogP contribution in [0.4, 0.5) is 0 Å². The zero-order valence-corrected chi connectivity index (χ0v) is 5.99. The SMILES string of the molecule is NC=C=Cc1ccccc1O. The normalized spacial score (nSPS) is 8.36. The molecule has 0 fully saturated rings. The Kier molecular flexibility index (Phi) is 2.37. The van der Waals surface area contributed by atoms with Crippen LogP contribution in [0.15, 0.2) is 36.2 Å². The zero-order chi connectivity index (χ0) is 8.10. The van der Waals surface area contributed by atoms with Gasteiger partial charge in [-0.25, -0.2) is 0 Å². The molecule has 3 N–H and O–H groups in total. The van der Waals surface area contributed by atoms with E-state index >= 15 is 0 Å². The second-order valence-electron chi connectivity index (χ2n) is 2.04. The quantitative estimate of drug-likeness (QED) is 0.591. The first-order chi connectivity index (χ1) is 5.34. The van der Waals surface area contributed by atoms with Crippen molar-refractivity contribution in [2.75, 3.05) is 0 Å². The van der Waals surface area contributed by atoms with Crippen LogP contribution in [0, 0.1) is 0 Å². The summed E-state index contributed by atoms with van der Waals surface area (Å²) in [7, 11) is 0. The van der Waals surface area contributed by atoms with E-state index in [1.807, 2.05) is 6.07 Å². The Balaban J connectivity index is 3.04. The molecule has 0 bridgehead atoms. The third kappa shape index (κ3) is 1.88. The van der Waals surface area contributed by atoms with E-state index in [4.69, 9.17) is 5.73 Å². The molecule has 1 aromatic carbocycles. The van der Waals surface area contributed by atoms with Crippen LogP contribution in [-0.2, 0) is 0 Å². The first-order valence-electron chi connectivity index (χ1n) is 3.25. The van der Waals surface area contributed by atoms with Crippen molar-refractivity contribution in [1.29, 1.82) is 0 Å². The largest absolute Gasteiger partial charge is 0.507 e. The Hall–Kier alpha value is -1.66. The molecule has 56 valence electrons. The van der Waals surface area contributed by atoms with Gasteiger partial charge in [-0.3, -0.25) is 0 Å². The molecule has 0 saturated carbocycles. The summed E-state index contributed by atoms with van der Waals surface area (Å²) in [6.45, 7) is 0. The molecule has 0 spiro atoms. The molecule has 1 rings (SSSR count). The number of benzene rings is 1. The van der Waals surface area contributed by atoms with Gasteiger partial charge in [0.1, 0.15) is 5.75 Å². The molecule has 0 aliphatic heterocycles. The fourth-order valence-corrected chi connectivity index (χ4v) is 0.747. The number of phenols is 1. The Bertz CT molecular complexity index is 298. The Labute approximate surface area is 65.3 Å². The fraction of sp³-hybridized carbons (Fsp3) is 0.